The molecule has 3 rings (SSSR count). The van der Waals surface area contributed by atoms with Crippen LogP contribution in [0.4, 0.5) is 10.1 Å². The summed E-state index contributed by atoms with van der Waals surface area (Å²) in [5, 5.41) is 0.803. The van der Waals surface area contributed by atoms with E-state index in [2.05, 4.69) is 24.6 Å². The highest BCUT2D eigenvalue weighted by Gasteiger charge is 2.13. The molecule has 5 nitrogen and oxygen atoms in total. The van der Waals surface area contributed by atoms with Crippen molar-refractivity contribution in [3.8, 4) is 11.5 Å². The van der Waals surface area contributed by atoms with Crippen LogP contribution in [0.5, 0.6) is 11.5 Å². The highest BCUT2D eigenvalue weighted by atomic mass is 28.3. The molecule has 3 aromatic rings. The number of nitrogen functional groups attached to an aromatic ring is 1. The minimum atomic E-state index is -1.11. The van der Waals surface area contributed by atoms with Gasteiger partial charge in [-0.1, -0.05) is 19.6 Å². The average Bonchev–Trinajstić information content (AvgIpc) is 2.97. The van der Waals surface area contributed by atoms with Gasteiger partial charge >= 0.3 is 0 Å². The van der Waals surface area contributed by atoms with E-state index in [1.165, 1.54) is 12.1 Å². The zero-order chi connectivity index (χ0) is 18.7. The molecule has 2 heterocycles. The van der Waals surface area contributed by atoms with Crippen molar-refractivity contribution in [1.29, 1.82) is 0 Å². The Bertz CT molecular complexity index is 905. The van der Waals surface area contributed by atoms with Crippen LogP contribution in [-0.2, 0) is 11.5 Å². The predicted octanol–water partition coefficient (Wildman–Crippen LogP) is 4.86. The van der Waals surface area contributed by atoms with Crippen molar-refractivity contribution in [3.05, 3.63) is 48.5 Å². The second-order valence-electron chi connectivity index (χ2n) is 7.47. The largest absolute Gasteiger partial charge is 0.453 e. The van der Waals surface area contributed by atoms with Crippen LogP contribution < -0.4 is 10.5 Å². The molecule has 0 fully saturated rings. The smallest absolute Gasteiger partial charge is 0.167 e. The van der Waals surface area contributed by atoms with Gasteiger partial charge in [-0.2, -0.15) is 0 Å². The summed E-state index contributed by atoms with van der Waals surface area (Å²) in [5.74, 6) is 0.175. The molecule has 0 spiro atoms. The summed E-state index contributed by atoms with van der Waals surface area (Å²) >= 11 is 0. The lowest BCUT2D eigenvalue weighted by Crippen LogP contribution is -2.22. The lowest BCUT2D eigenvalue weighted by atomic mass is 10.3. The normalized spacial score (nSPS) is 11.8. The molecule has 0 aliphatic rings. The molecule has 0 aliphatic heterocycles. The number of fused-ring (bicyclic) bond motifs is 1. The van der Waals surface area contributed by atoms with Gasteiger partial charge in [0.2, 0.25) is 0 Å². The number of nitrogens with zero attached hydrogens (tertiary/aromatic N) is 2. The van der Waals surface area contributed by atoms with E-state index in [4.69, 9.17) is 15.2 Å². The maximum atomic E-state index is 14.0. The van der Waals surface area contributed by atoms with E-state index in [1.54, 1.807) is 18.3 Å². The summed E-state index contributed by atoms with van der Waals surface area (Å²) in [6.07, 6.45) is 3.55. The first kappa shape index (κ1) is 18.4. The van der Waals surface area contributed by atoms with Gasteiger partial charge in [-0.3, -0.25) is 0 Å². The Morgan fingerprint density at radius 2 is 1.96 bits per heavy atom. The fourth-order valence-corrected chi connectivity index (χ4v) is 3.28. The minimum absolute atomic E-state index is 0.130. The van der Waals surface area contributed by atoms with E-state index >= 15 is 0 Å². The van der Waals surface area contributed by atoms with Gasteiger partial charge < -0.3 is 19.8 Å². The van der Waals surface area contributed by atoms with Crippen LogP contribution in [0.1, 0.15) is 0 Å². The molecule has 2 N–H and O–H groups in total. The number of halogens is 1. The minimum Gasteiger partial charge on any atom is -0.453 e. The number of rotatable bonds is 7. The molecule has 2 aromatic heterocycles. The second kappa shape index (κ2) is 7.47. The standard InChI is InChI=1S/C19H24FN3O2Si/c1-26(2,3)11-10-24-13-23-9-7-15-17(6-8-22-19(15)23)25-18-5-4-14(21)12-16(18)20/h4-9,12H,10-11,13,21H2,1-3H3. The van der Waals surface area contributed by atoms with Gasteiger partial charge in [0.05, 0.1) is 5.39 Å². The van der Waals surface area contributed by atoms with Crippen LogP contribution in [0.3, 0.4) is 0 Å². The van der Waals surface area contributed by atoms with Crippen molar-refractivity contribution in [2.24, 2.45) is 0 Å². The van der Waals surface area contributed by atoms with E-state index in [-0.39, 0.29) is 5.75 Å². The number of hydrogen-bond donors (Lipinski definition) is 1. The van der Waals surface area contributed by atoms with Crippen molar-refractivity contribution in [1.82, 2.24) is 9.55 Å². The quantitative estimate of drug-likeness (QED) is 0.365. The molecule has 138 valence electrons. The summed E-state index contributed by atoms with van der Waals surface area (Å²) in [5.41, 5.74) is 6.68. The molecule has 0 atom stereocenters. The zero-order valence-corrected chi connectivity index (χ0v) is 16.3. The predicted molar refractivity (Wildman–Crippen MR) is 105 cm³/mol. The van der Waals surface area contributed by atoms with Gasteiger partial charge in [0.1, 0.15) is 18.1 Å². The molecule has 0 saturated heterocycles. The highest BCUT2D eigenvalue weighted by Crippen LogP contribution is 2.31. The van der Waals surface area contributed by atoms with Gasteiger partial charge in [-0.15, -0.1) is 0 Å². The number of ether oxygens (including phenoxy) is 2. The SMILES string of the molecule is C[Si](C)(C)CCOCn1ccc2c(Oc3ccc(N)cc3F)ccnc21. The van der Waals surface area contributed by atoms with Crippen LogP contribution in [0.2, 0.25) is 25.7 Å². The van der Waals surface area contributed by atoms with Crippen LogP contribution in [0.25, 0.3) is 11.0 Å². The average molecular weight is 374 g/mol. The number of aromatic nitrogens is 2. The Labute approximate surface area is 153 Å². The molecule has 26 heavy (non-hydrogen) atoms. The van der Waals surface area contributed by atoms with Crippen molar-refractivity contribution in [2.45, 2.75) is 32.4 Å². The molecule has 7 heteroatoms. The van der Waals surface area contributed by atoms with E-state index in [0.717, 1.165) is 23.7 Å². The Kier molecular flexibility index (Phi) is 5.29. The molecular formula is C19H24FN3O2Si. The van der Waals surface area contributed by atoms with Crippen LogP contribution in [-0.4, -0.2) is 24.2 Å². The number of nitrogens with two attached hydrogens (primary N) is 1. The van der Waals surface area contributed by atoms with Crippen LogP contribution >= 0.6 is 0 Å². The Morgan fingerprint density at radius 3 is 2.69 bits per heavy atom. The first-order chi connectivity index (χ1) is 12.3. The Hall–Kier alpha value is -2.38. The lowest BCUT2D eigenvalue weighted by Gasteiger charge is -2.15. The van der Waals surface area contributed by atoms with Gasteiger partial charge in [0.25, 0.3) is 0 Å². The van der Waals surface area contributed by atoms with Crippen molar-refractivity contribution in [3.63, 3.8) is 0 Å². The third-order valence-corrected chi connectivity index (χ3v) is 5.73. The maximum absolute atomic E-state index is 14.0. The summed E-state index contributed by atoms with van der Waals surface area (Å²) < 4.78 is 27.5. The highest BCUT2D eigenvalue weighted by molar-refractivity contribution is 6.76. The van der Waals surface area contributed by atoms with Gasteiger partial charge in [-0.05, 0) is 30.3 Å². The molecule has 0 amide bonds. The Balaban J connectivity index is 1.76. The molecule has 0 bridgehead atoms. The lowest BCUT2D eigenvalue weighted by molar-refractivity contribution is 0.0899. The fraction of sp³-hybridized carbons (Fsp3) is 0.316. The number of hydrogen-bond acceptors (Lipinski definition) is 4. The van der Waals surface area contributed by atoms with Crippen LogP contribution in [0.15, 0.2) is 42.7 Å². The van der Waals surface area contributed by atoms with Gasteiger partial charge in [0.15, 0.2) is 11.6 Å². The first-order valence-corrected chi connectivity index (χ1v) is 12.3. The number of benzene rings is 1. The van der Waals surface area contributed by atoms with Crippen molar-refractivity contribution >= 4 is 24.8 Å². The first-order valence-electron chi connectivity index (χ1n) is 8.58. The summed E-state index contributed by atoms with van der Waals surface area (Å²) in [6, 6.07) is 9.10. The molecule has 0 aliphatic carbocycles. The number of anilines is 1. The van der Waals surface area contributed by atoms with Gasteiger partial charge in [0, 0.05) is 38.8 Å². The zero-order valence-electron chi connectivity index (χ0n) is 15.3. The third-order valence-electron chi connectivity index (χ3n) is 4.02. The molecule has 1 aromatic carbocycles. The molecule has 0 radical (unpaired) electrons. The van der Waals surface area contributed by atoms with E-state index in [1.807, 2.05) is 16.8 Å². The van der Waals surface area contributed by atoms with E-state index < -0.39 is 13.9 Å². The summed E-state index contributed by atoms with van der Waals surface area (Å²) in [4.78, 5) is 4.41. The summed E-state index contributed by atoms with van der Waals surface area (Å²) in [6.45, 7) is 8.14. The third kappa shape index (κ3) is 4.42. The fourth-order valence-electron chi connectivity index (χ4n) is 2.52. The van der Waals surface area contributed by atoms with E-state index in [0.29, 0.717) is 18.2 Å². The molecule has 0 saturated carbocycles. The molecule has 0 unspecified atom stereocenters. The van der Waals surface area contributed by atoms with Crippen LogP contribution in [0, 0.1) is 5.82 Å². The van der Waals surface area contributed by atoms with Crippen molar-refractivity contribution in [2.75, 3.05) is 12.3 Å². The van der Waals surface area contributed by atoms with Gasteiger partial charge in [-0.25, -0.2) is 9.37 Å². The second-order valence-corrected chi connectivity index (χ2v) is 13.1. The monoisotopic (exact) mass is 373 g/mol. The topological polar surface area (TPSA) is 62.3 Å². The molecular weight excluding hydrogens is 349 g/mol. The summed E-state index contributed by atoms with van der Waals surface area (Å²) in [7, 11) is -1.11. The maximum Gasteiger partial charge on any atom is 0.167 e. The number of pyridine rings is 1. The Morgan fingerprint density at radius 1 is 1.15 bits per heavy atom. The van der Waals surface area contributed by atoms with E-state index in [9.17, 15) is 4.39 Å². The van der Waals surface area contributed by atoms with Crippen molar-refractivity contribution < 1.29 is 13.9 Å².